The minimum Gasteiger partial charge on any atom is -0.375 e. The van der Waals surface area contributed by atoms with Crippen molar-refractivity contribution in [1.82, 2.24) is 9.80 Å². The molecule has 1 unspecified atom stereocenters. The molecule has 2 saturated heterocycles. The molecule has 1 aromatic heterocycles. The summed E-state index contributed by atoms with van der Waals surface area (Å²) in [6.07, 6.45) is 6.43. The number of rotatable bonds is 5. The van der Waals surface area contributed by atoms with Gasteiger partial charge in [0.05, 0.1) is 10.5 Å². The third-order valence-corrected chi connectivity index (χ3v) is 7.78. The highest BCUT2D eigenvalue weighted by molar-refractivity contribution is 7.12. The van der Waals surface area contributed by atoms with Crippen molar-refractivity contribution in [2.24, 2.45) is 0 Å². The Morgan fingerprint density at radius 1 is 1.13 bits per heavy atom. The minimum absolute atomic E-state index is 0.106. The van der Waals surface area contributed by atoms with Crippen LogP contribution in [0, 0.1) is 5.82 Å². The lowest BCUT2D eigenvalue weighted by molar-refractivity contribution is -0.131. The molecule has 1 atom stereocenters. The molecule has 1 spiro atoms. The summed E-state index contributed by atoms with van der Waals surface area (Å²) in [4.78, 5) is 18.1. The number of hydrogen-bond donors (Lipinski definition) is 0. The predicted molar refractivity (Wildman–Crippen MR) is 116 cm³/mol. The molecule has 0 radical (unpaired) electrons. The molecular weight excluding hydrogens is 399 g/mol. The fourth-order valence-electron chi connectivity index (χ4n) is 5.07. The Bertz CT molecular complexity index is 858. The summed E-state index contributed by atoms with van der Waals surface area (Å²) in [7, 11) is 0. The second-order valence-corrected chi connectivity index (χ2v) is 9.93. The van der Waals surface area contributed by atoms with Crippen LogP contribution in [0.2, 0.25) is 0 Å². The van der Waals surface area contributed by atoms with Gasteiger partial charge >= 0.3 is 0 Å². The van der Waals surface area contributed by atoms with Gasteiger partial charge in [-0.25, -0.2) is 4.39 Å². The van der Waals surface area contributed by atoms with Gasteiger partial charge in [0.1, 0.15) is 5.82 Å². The zero-order chi connectivity index (χ0) is 20.6. The first-order valence-electron chi connectivity index (χ1n) is 11.1. The van der Waals surface area contributed by atoms with Gasteiger partial charge in [-0.2, -0.15) is 0 Å². The summed E-state index contributed by atoms with van der Waals surface area (Å²) in [6.45, 7) is 3.21. The molecule has 1 aliphatic carbocycles. The van der Waals surface area contributed by atoms with E-state index in [1.165, 1.54) is 29.7 Å². The first-order chi connectivity index (χ1) is 14.6. The summed E-state index contributed by atoms with van der Waals surface area (Å²) < 4.78 is 19.7. The van der Waals surface area contributed by atoms with Crippen LogP contribution < -0.4 is 0 Å². The average Bonchev–Trinajstić information content (AvgIpc) is 3.46. The van der Waals surface area contributed by atoms with Crippen molar-refractivity contribution < 1.29 is 13.9 Å². The van der Waals surface area contributed by atoms with Gasteiger partial charge in [0, 0.05) is 38.3 Å². The normalized spacial score (nSPS) is 23.8. The largest absolute Gasteiger partial charge is 0.375 e. The third-order valence-electron chi connectivity index (χ3n) is 6.92. The zero-order valence-corrected chi connectivity index (χ0v) is 18.1. The van der Waals surface area contributed by atoms with Gasteiger partial charge in [0.2, 0.25) is 0 Å². The van der Waals surface area contributed by atoms with Crippen LogP contribution in [-0.4, -0.2) is 53.1 Å². The van der Waals surface area contributed by atoms with Crippen molar-refractivity contribution in [3.63, 3.8) is 0 Å². The monoisotopic (exact) mass is 428 g/mol. The van der Waals surface area contributed by atoms with E-state index in [0.29, 0.717) is 12.1 Å². The molecule has 2 aliphatic heterocycles. The maximum Gasteiger partial charge on any atom is 0.263 e. The van der Waals surface area contributed by atoms with Crippen molar-refractivity contribution in [3.8, 4) is 0 Å². The Hall–Kier alpha value is -1.76. The highest BCUT2D eigenvalue weighted by Crippen LogP contribution is 2.40. The average molecular weight is 429 g/mol. The molecule has 1 saturated carbocycles. The molecule has 3 aliphatic rings. The number of benzene rings is 1. The third kappa shape index (κ3) is 4.32. The predicted octanol–water partition coefficient (Wildman–Crippen LogP) is 4.71. The number of halogens is 1. The molecule has 2 aromatic rings. The Morgan fingerprint density at radius 3 is 2.57 bits per heavy atom. The SMILES string of the molecule is O=C(c1cccs1)N1CCC2(CC1)CC(N(Cc1ccc(F)cc1)C1CC1)CCO2. The topological polar surface area (TPSA) is 32.8 Å². The number of likely N-dealkylation sites (tertiary alicyclic amines) is 1. The summed E-state index contributed by atoms with van der Waals surface area (Å²) in [5, 5.41) is 1.96. The van der Waals surface area contributed by atoms with Crippen LogP contribution in [0.4, 0.5) is 4.39 Å². The molecule has 1 amide bonds. The molecule has 3 fully saturated rings. The van der Waals surface area contributed by atoms with Crippen LogP contribution in [0.1, 0.15) is 53.8 Å². The van der Waals surface area contributed by atoms with Gasteiger partial charge in [0.15, 0.2) is 0 Å². The number of ether oxygens (including phenoxy) is 1. The van der Waals surface area contributed by atoms with Gasteiger partial charge in [-0.1, -0.05) is 18.2 Å². The lowest BCUT2D eigenvalue weighted by Crippen LogP contribution is -2.54. The van der Waals surface area contributed by atoms with E-state index in [0.717, 1.165) is 56.8 Å². The number of carbonyl (C=O) groups excluding carboxylic acids is 1. The second kappa shape index (κ2) is 8.40. The molecule has 30 heavy (non-hydrogen) atoms. The maximum absolute atomic E-state index is 13.3. The Balaban J connectivity index is 1.24. The molecule has 4 nitrogen and oxygen atoms in total. The van der Waals surface area contributed by atoms with E-state index in [1.807, 2.05) is 34.5 Å². The van der Waals surface area contributed by atoms with E-state index >= 15 is 0 Å². The lowest BCUT2D eigenvalue weighted by atomic mass is 9.81. The summed E-state index contributed by atoms with van der Waals surface area (Å²) >= 11 is 1.52. The Kier molecular flexibility index (Phi) is 5.65. The van der Waals surface area contributed by atoms with Crippen LogP contribution >= 0.6 is 11.3 Å². The summed E-state index contributed by atoms with van der Waals surface area (Å²) in [6, 6.07) is 11.9. The van der Waals surface area contributed by atoms with Crippen molar-refractivity contribution >= 4 is 17.2 Å². The molecule has 1 aromatic carbocycles. The lowest BCUT2D eigenvalue weighted by Gasteiger charge is -2.48. The zero-order valence-electron chi connectivity index (χ0n) is 17.3. The van der Waals surface area contributed by atoms with Crippen molar-refractivity contribution in [2.45, 2.75) is 62.8 Å². The standard InChI is InChI=1S/C24H29FN2O2S/c25-19-5-3-18(4-6-19)17-27(20-7-8-20)21-9-14-29-24(16-21)10-12-26(13-11-24)23(28)22-2-1-15-30-22/h1-6,15,20-21H,7-14,16-17H2. The molecule has 5 rings (SSSR count). The molecule has 3 heterocycles. The van der Waals surface area contributed by atoms with E-state index in [9.17, 15) is 9.18 Å². The van der Waals surface area contributed by atoms with Crippen LogP contribution in [0.15, 0.2) is 41.8 Å². The van der Waals surface area contributed by atoms with E-state index in [2.05, 4.69) is 4.90 Å². The van der Waals surface area contributed by atoms with E-state index in [1.54, 1.807) is 12.1 Å². The number of nitrogens with zero attached hydrogens (tertiary/aromatic N) is 2. The maximum atomic E-state index is 13.3. The van der Waals surface area contributed by atoms with Crippen LogP contribution in [-0.2, 0) is 11.3 Å². The fourth-order valence-corrected chi connectivity index (χ4v) is 5.76. The van der Waals surface area contributed by atoms with Crippen molar-refractivity contribution in [2.75, 3.05) is 19.7 Å². The highest BCUT2D eigenvalue weighted by atomic mass is 32.1. The molecule has 0 bridgehead atoms. The van der Waals surface area contributed by atoms with Gasteiger partial charge in [-0.3, -0.25) is 9.69 Å². The van der Waals surface area contributed by atoms with Gasteiger partial charge < -0.3 is 9.64 Å². The molecular formula is C24H29FN2O2S. The number of hydrogen-bond acceptors (Lipinski definition) is 4. The smallest absolute Gasteiger partial charge is 0.263 e. The minimum atomic E-state index is -0.175. The van der Waals surface area contributed by atoms with E-state index < -0.39 is 0 Å². The van der Waals surface area contributed by atoms with Crippen LogP contribution in [0.5, 0.6) is 0 Å². The number of amides is 1. The van der Waals surface area contributed by atoms with Gasteiger partial charge in [-0.15, -0.1) is 11.3 Å². The molecule has 160 valence electrons. The fraction of sp³-hybridized carbons (Fsp3) is 0.542. The van der Waals surface area contributed by atoms with Gasteiger partial charge in [-0.05, 0) is 67.7 Å². The quantitative estimate of drug-likeness (QED) is 0.692. The molecule has 0 N–H and O–H groups in total. The summed E-state index contributed by atoms with van der Waals surface area (Å²) in [5.74, 6) is -0.0197. The number of thiophene rings is 1. The van der Waals surface area contributed by atoms with Gasteiger partial charge in [0.25, 0.3) is 5.91 Å². The Morgan fingerprint density at radius 2 is 1.90 bits per heavy atom. The summed E-state index contributed by atoms with van der Waals surface area (Å²) in [5.41, 5.74) is 1.07. The van der Waals surface area contributed by atoms with E-state index in [4.69, 9.17) is 4.74 Å². The first kappa shape index (κ1) is 20.2. The van der Waals surface area contributed by atoms with E-state index in [-0.39, 0.29) is 17.3 Å². The van der Waals surface area contributed by atoms with Crippen molar-refractivity contribution in [3.05, 3.63) is 58.0 Å². The Labute approximate surface area is 181 Å². The number of carbonyl (C=O) groups is 1. The second-order valence-electron chi connectivity index (χ2n) is 8.98. The van der Waals surface area contributed by atoms with Crippen LogP contribution in [0.25, 0.3) is 0 Å². The van der Waals surface area contributed by atoms with Crippen molar-refractivity contribution in [1.29, 1.82) is 0 Å². The highest BCUT2D eigenvalue weighted by Gasteiger charge is 2.45. The number of piperidine rings is 1. The van der Waals surface area contributed by atoms with Crippen LogP contribution in [0.3, 0.4) is 0 Å². The molecule has 6 heteroatoms. The first-order valence-corrected chi connectivity index (χ1v) is 12.0.